The summed E-state index contributed by atoms with van der Waals surface area (Å²) in [5, 5.41) is 8.87. The number of halogens is 1. The van der Waals surface area contributed by atoms with Gasteiger partial charge in [-0.3, -0.25) is 0 Å². The van der Waals surface area contributed by atoms with E-state index < -0.39 is 0 Å². The molecule has 0 aliphatic heterocycles. The van der Waals surface area contributed by atoms with Gasteiger partial charge in [-0.05, 0) is 40.2 Å². The molecular formula is C15H15BrN4O2S2. The van der Waals surface area contributed by atoms with Gasteiger partial charge in [0.25, 0.3) is 0 Å². The minimum Gasteiger partial charge on any atom is -0.497 e. The van der Waals surface area contributed by atoms with Crippen LogP contribution in [0.5, 0.6) is 11.5 Å². The van der Waals surface area contributed by atoms with Crippen LogP contribution < -0.4 is 15.3 Å². The van der Waals surface area contributed by atoms with E-state index in [2.05, 4.69) is 32.2 Å². The van der Waals surface area contributed by atoms with Gasteiger partial charge in [0.1, 0.15) is 18.1 Å². The van der Waals surface area contributed by atoms with Gasteiger partial charge in [0.2, 0.25) is 5.16 Å². The smallest absolute Gasteiger partial charge is 0.210 e. The Hall–Kier alpha value is -1.71. The summed E-state index contributed by atoms with van der Waals surface area (Å²) in [6, 6.07) is 11.5. The van der Waals surface area contributed by atoms with Crippen LogP contribution in [0.4, 0.5) is 0 Å². The molecule has 0 spiro atoms. The lowest BCUT2D eigenvalue weighted by Gasteiger charge is -2.07. The van der Waals surface area contributed by atoms with Crippen LogP contribution in [0.2, 0.25) is 0 Å². The molecule has 0 aliphatic carbocycles. The van der Waals surface area contributed by atoms with E-state index in [1.54, 1.807) is 30.2 Å². The van der Waals surface area contributed by atoms with Gasteiger partial charge in [-0.1, -0.05) is 17.8 Å². The number of ether oxygens (including phenoxy) is 2. The first kappa shape index (κ1) is 17.1. The third kappa shape index (κ3) is 4.22. The topological polar surface area (TPSA) is 75.2 Å². The second-order valence-electron chi connectivity index (χ2n) is 4.73. The van der Waals surface area contributed by atoms with Crippen molar-refractivity contribution >= 4 is 39.0 Å². The maximum Gasteiger partial charge on any atom is 0.210 e. The normalized spacial score (nSPS) is 10.8. The van der Waals surface area contributed by atoms with Crippen LogP contribution in [-0.4, -0.2) is 22.0 Å². The van der Waals surface area contributed by atoms with Gasteiger partial charge in [-0.25, -0.2) is 4.68 Å². The van der Waals surface area contributed by atoms with Crippen LogP contribution in [-0.2, 0) is 12.4 Å². The van der Waals surface area contributed by atoms with Gasteiger partial charge in [0.05, 0.1) is 10.9 Å². The minimum atomic E-state index is 0.238. The molecule has 0 radical (unpaired) electrons. The molecule has 126 valence electrons. The van der Waals surface area contributed by atoms with Crippen molar-refractivity contribution in [1.82, 2.24) is 14.9 Å². The second kappa shape index (κ2) is 7.91. The Morgan fingerprint density at radius 3 is 2.83 bits per heavy atom. The number of aromatic nitrogens is 3. The van der Waals surface area contributed by atoms with Crippen LogP contribution in [0.3, 0.4) is 0 Å². The lowest BCUT2D eigenvalue weighted by atomic mass is 10.3. The third-order valence-corrected chi connectivity index (χ3v) is 5.91. The van der Waals surface area contributed by atoms with Crippen molar-refractivity contribution in [3.63, 3.8) is 0 Å². The summed E-state index contributed by atoms with van der Waals surface area (Å²) in [7, 11) is 1.62. The molecule has 6 nitrogen and oxygen atoms in total. The lowest BCUT2D eigenvalue weighted by molar-refractivity contribution is 0.289. The molecule has 0 amide bonds. The fourth-order valence-corrected chi connectivity index (χ4v) is 4.31. The Labute approximate surface area is 156 Å². The van der Waals surface area contributed by atoms with Crippen molar-refractivity contribution in [2.24, 2.45) is 0 Å². The van der Waals surface area contributed by atoms with Crippen LogP contribution in [0.25, 0.3) is 0 Å². The first-order valence-corrected chi connectivity index (χ1v) is 9.58. The number of thioether (sulfide) groups is 1. The summed E-state index contributed by atoms with van der Waals surface area (Å²) < 4.78 is 13.4. The molecule has 2 N–H and O–H groups in total. The van der Waals surface area contributed by atoms with Crippen molar-refractivity contribution in [1.29, 1.82) is 0 Å². The molecular weight excluding hydrogens is 412 g/mol. The summed E-state index contributed by atoms with van der Waals surface area (Å²) >= 11 is 6.69. The highest BCUT2D eigenvalue weighted by Crippen LogP contribution is 2.28. The fraction of sp³-hybridized carbons (Fsp3) is 0.200. The monoisotopic (exact) mass is 426 g/mol. The van der Waals surface area contributed by atoms with Gasteiger partial charge in [-0.2, -0.15) is 0 Å². The van der Waals surface area contributed by atoms with Crippen LogP contribution >= 0.6 is 39.0 Å². The number of thiophene rings is 1. The fourth-order valence-electron chi connectivity index (χ4n) is 1.91. The molecule has 2 heterocycles. The summed E-state index contributed by atoms with van der Waals surface area (Å²) in [4.78, 5) is 1.24. The number of nitrogens with two attached hydrogens (primary N) is 1. The molecule has 3 rings (SSSR count). The zero-order valence-electron chi connectivity index (χ0n) is 12.8. The number of hydrogen-bond donors (Lipinski definition) is 1. The van der Waals surface area contributed by atoms with Gasteiger partial charge >= 0.3 is 0 Å². The lowest BCUT2D eigenvalue weighted by Crippen LogP contribution is -2.15. The average molecular weight is 427 g/mol. The Balaban J connectivity index is 1.59. The van der Waals surface area contributed by atoms with E-state index in [1.165, 1.54) is 9.55 Å². The minimum absolute atomic E-state index is 0.238. The van der Waals surface area contributed by atoms with Crippen LogP contribution in [0.1, 0.15) is 10.7 Å². The van der Waals surface area contributed by atoms with Crippen molar-refractivity contribution in [3.8, 4) is 11.5 Å². The first-order chi connectivity index (χ1) is 11.7. The van der Waals surface area contributed by atoms with E-state index in [9.17, 15) is 0 Å². The highest BCUT2D eigenvalue weighted by atomic mass is 79.9. The Bertz CT molecular complexity index is 821. The average Bonchev–Trinajstić information content (AvgIpc) is 3.17. The molecule has 1 aromatic carbocycles. The maximum atomic E-state index is 6.05. The molecule has 0 atom stereocenters. The largest absolute Gasteiger partial charge is 0.497 e. The van der Waals surface area contributed by atoms with E-state index in [4.69, 9.17) is 15.3 Å². The number of rotatable bonds is 7. The number of nitrogen functional groups attached to an aromatic ring is 1. The molecule has 0 saturated heterocycles. The van der Waals surface area contributed by atoms with E-state index in [1.807, 2.05) is 30.3 Å². The standard InChI is InChI=1S/C15H15BrN4O2S2/c1-21-10-3-2-4-11(7-10)22-8-14-18-19-15(20(14)17)23-9-12-5-6-13(16)24-12/h2-7H,8-9,17H2,1H3. The Morgan fingerprint density at radius 2 is 2.08 bits per heavy atom. The SMILES string of the molecule is COc1cccc(OCc2nnc(SCc3ccc(Br)s3)n2N)c1. The highest BCUT2D eigenvalue weighted by Gasteiger charge is 2.12. The third-order valence-electron chi connectivity index (χ3n) is 3.12. The zero-order chi connectivity index (χ0) is 16.9. The van der Waals surface area contributed by atoms with Crippen molar-refractivity contribution in [3.05, 3.63) is 50.9 Å². The van der Waals surface area contributed by atoms with Gasteiger partial charge in [-0.15, -0.1) is 21.5 Å². The summed E-state index contributed by atoms with van der Waals surface area (Å²) in [5.41, 5.74) is 0. The molecule has 0 bridgehead atoms. The van der Waals surface area contributed by atoms with Crippen molar-refractivity contribution < 1.29 is 9.47 Å². The number of nitrogens with zero attached hydrogens (tertiary/aromatic N) is 3. The van der Waals surface area contributed by atoms with Crippen LogP contribution in [0, 0.1) is 0 Å². The van der Waals surface area contributed by atoms with E-state index in [0.29, 0.717) is 16.7 Å². The van der Waals surface area contributed by atoms with Gasteiger partial charge < -0.3 is 15.3 Å². The number of hydrogen-bond acceptors (Lipinski definition) is 7. The quantitative estimate of drug-likeness (QED) is 0.458. The van der Waals surface area contributed by atoms with E-state index in [0.717, 1.165) is 15.3 Å². The molecule has 0 aliphatic rings. The van der Waals surface area contributed by atoms with E-state index in [-0.39, 0.29) is 6.61 Å². The first-order valence-electron chi connectivity index (χ1n) is 6.99. The van der Waals surface area contributed by atoms with Gasteiger partial charge in [0.15, 0.2) is 5.82 Å². The molecule has 0 unspecified atom stereocenters. The number of benzene rings is 1. The predicted molar refractivity (Wildman–Crippen MR) is 99.1 cm³/mol. The molecule has 24 heavy (non-hydrogen) atoms. The molecule has 0 saturated carbocycles. The summed E-state index contributed by atoms with van der Waals surface area (Å²) in [6.45, 7) is 0.238. The molecule has 0 fully saturated rings. The number of methoxy groups -OCH3 is 1. The summed E-state index contributed by atoms with van der Waals surface area (Å²) in [6.07, 6.45) is 0. The van der Waals surface area contributed by atoms with Gasteiger partial charge in [0, 0.05) is 16.7 Å². The second-order valence-corrected chi connectivity index (χ2v) is 8.22. The van der Waals surface area contributed by atoms with Crippen LogP contribution in [0.15, 0.2) is 45.3 Å². The molecule has 2 aromatic heterocycles. The predicted octanol–water partition coefficient (Wildman–Crippen LogP) is 3.70. The molecule has 9 heteroatoms. The molecule has 3 aromatic rings. The maximum absolute atomic E-state index is 6.05. The summed E-state index contributed by atoms with van der Waals surface area (Å²) in [5.74, 6) is 8.84. The Morgan fingerprint density at radius 1 is 1.25 bits per heavy atom. The van der Waals surface area contributed by atoms with E-state index >= 15 is 0 Å². The highest BCUT2D eigenvalue weighted by molar-refractivity contribution is 9.11. The van der Waals surface area contributed by atoms with Crippen molar-refractivity contribution in [2.45, 2.75) is 17.5 Å². The zero-order valence-corrected chi connectivity index (χ0v) is 16.0. The Kier molecular flexibility index (Phi) is 5.64. The van der Waals surface area contributed by atoms with Crippen molar-refractivity contribution in [2.75, 3.05) is 13.0 Å².